The number of aromatic nitrogens is 2. The van der Waals surface area contributed by atoms with Crippen molar-refractivity contribution in [1.82, 2.24) is 4.98 Å². The molecule has 0 saturated heterocycles. The van der Waals surface area contributed by atoms with Gasteiger partial charge >= 0.3 is 33.0 Å². The summed E-state index contributed by atoms with van der Waals surface area (Å²) in [4.78, 5) is 6.96. The maximum absolute atomic E-state index is 10.7. The van der Waals surface area contributed by atoms with Crippen LogP contribution < -0.4 is 4.98 Å². The number of nitrogens with zero attached hydrogens (tertiary/aromatic N) is 1. The first-order valence-corrected chi connectivity index (χ1v) is 12.3. The molecular weight excluding hydrogens is 485 g/mol. The van der Waals surface area contributed by atoms with Crippen LogP contribution in [0.5, 0.6) is 0 Å². The van der Waals surface area contributed by atoms with Gasteiger partial charge in [0, 0.05) is 24.5 Å². The Morgan fingerprint density at radius 3 is 1.17 bits per heavy atom. The molecule has 9 heteroatoms. The van der Waals surface area contributed by atoms with Crippen LogP contribution in [0.3, 0.4) is 0 Å². The van der Waals surface area contributed by atoms with Gasteiger partial charge in [0.1, 0.15) is 0 Å². The average molecular weight is 508 g/mol. The molecule has 0 atom stereocenters. The van der Waals surface area contributed by atoms with Crippen LogP contribution in [0.25, 0.3) is 24.3 Å². The molecule has 0 fully saturated rings. The average Bonchev–Trinajstić information content (AvgIpc) is 2.83. The fourth-order valence-corrected chi connectivity index (χ4v) is 2.50. The first kappa shape index (κ1) is 27.5. The van der Waals surface area contributed by atoms with E-state index in [-0.39, 0.29) is 0 Å². The van der Waals surface area contributed by atoms with Gasteiger partial charge in [0.15, 0.2) is 12.4 Å². The van der Waals surface area contributed by atoms with Gasteiger partial charge in [-0.2, -0.15) is 0 Å². The second-order valence-electron chi connectivity index (χ2n) is 7.06. The van der Waals surface area contributed by atoms with E-state index in [0.717, 1.165) is 0 Å². The van der Waals surface area contributed by atoms with E-state index in [1.165, 1.54) is 22.3 Å². The Hall–Kier alpha value is -3.77. The minimum absolute atomic E-state index is 1.17. The van der Waals surface area contributed by atoms with Gasteiger partial charge in [-0.1, -0.05) is 85.0 Å². The number of H-pyrrole nitrogens is 1. The number of nitrogens with one attached hydrogen (secondary N) is 1. The van der Waals surface area contributed by atoms with Crippen molar-refractivity contribution in [3.63, 3.8) is 0 Å². The van der Waals surface area contributed by atoms with Gasteiger partial charge in [-0.15, -0.1) is 0 Å². The third kappa shape index (κ3) is 16.5. The summed E-state index contributed by atoms with van der Waals surface area (Å²) in [7, 11) is -10.7. The number of rotatable bonds is 4. The van der Waals surface area contributed by atoms with Gasteiger partial charge in [0.05, 0.1) is 0 Å². The van der Waals surface area contributed by atoms with Gasteiger partial charge < -0.3 is 0 Å². The molecule has 2 aromatic carbocycles. The first-order valence-electron chi connectivity index (χ1n) is 10.2. The summed E-state index contributed by atoms with van der Waals surface area (Å²) in [6.45, 7) is 0. The topological polar surface area (TPSA) is 27.0 Å². The van der Waals surface area contributed by atoms with E-state index in [1.807, 2.05) is 73.1 Å². The Balaban J connectivity index is 0.000000197. The van der Waals surface area contributed by atoms with E-state index >= 15 is 0 Å². The van der Waals surface area contributed by atoms with Crippen molar-refractivity contribution < 1.29 is 30.2 Å². The number of benzene rings is 2. The molecule has 1 N–H and O–H groups in total. The maximum atomic E-state index is 9.87. The zero-order valence-corrected chi connectivity index (χ0v) is 19.3. The molecule has 35 heavy (non-hydrogen) atoms. The second-order valence-corrected chi connectivity index (χ2v) is 8.98. The fraction of sp³-hybridized carbons (Fsp3) is 0. The zero-order valence-electron chi connectivity index (χ0n) is 18.4. The minimum atomic E-state index is -10.7. The molecule has 184 valence electrons. The van der Waals surface area contributed by atoms with Crippen molar-refractivity contribution in [3.05, 3.63) is 132 Å². The summed E-state index contributed by atoms with van der Waals surface area (Å²) < 4.78 is 59.2. The van der Waals surface area contributed by atoms with Gasteiger partial charge in [-0.25, -0.2) is 4.98 Å². The molecule has 4 rings (SSSR count). The van der Waals surface area contributed by atoms with Crippen molar-refractivity contribution in [2.45, 2.75) is 0 Å². The summed E-state index contributed by atoms with van der Waals surface area (Å²) in [5.74, 6) is 0. The number of pyridine rings is 2. The molecule has 0 aliphatic carbocycles. The van der Waals surface area contributed by atoms with Crippen LogP contribution in [0.15, 0.2) is 110 Å². The molecule has 2 aromatic heterocycles. The van der Waals surface area contributed by atoms with Crippen LogP contribution in [-0.4, -0.2) is 4.98 Å². The summed E-state index contributed by atoms with van der Waals surface area (Å²) >= 11 is 0. The summed E-state index contributed by atoms with van der Waals surface area (Å²) in [6.07, 6.45) is 15.8. The van der Waals surface area contributed by atoms with Crippen LogP contribution >= 0.6 is 7.81 Å². The monoisotopic (exact) mass is 508 g/mol. The van der Waals surface area contributed by atoms with Crippen molar-refractivity contribution in [2.24, 2.45) is 0 Å². The van der Waals surface area contributed by atoms with Crippen molar-refractivity contribution in [1.29, 1.82) is 0 Å². The van der Waals surface area contributed by atoms with Crippen molar-refractivity contribution >= 4 is 32.1 Å². The van der Waals surface area contributed by atoms with Gasteiger partial charge in [0.2, 0.25) is 0 Å². The molecule has 0 saturated carbocycles. The van der Waals surface area contributed by atoms with Crippen LogP contribution in [0.1, 0.15) is 22.3 Å². The Morgan fingerprint density at radius 2 is 0.800 bits per heavy atom. The molecule has 0 radical (unpaired) electrons. The van der Waals surface area contributed by atoms with E-state index in [4.69, 9.17) is 0 Å². The summed E-state index contributed by atoms with van der Waals surface area (Å²) in [6, 6.07) is 28.6. The third-order valence-electron chi connectivity index (χ3n) is 3.99. The quantitative estimate of drug-likeness (QED) is 0.199. The normalized spacial score (nSPS) is 13.1. The van der Waals surface area contributed by atoms with Crippen molar-refractivity contribution in [2.75, 3.05) is 0 Å². The SMILES string of the molecule is C(=C\c1cc[nH+]cc1)/c1ccccc1.C(=C\c1ccncc1)/c1ccccc1.F[P-](F)(F)(F)(F)F. The van der Waals surface area contributed by atoms with E-state index < -0.39 is 7.81 Å². The Kier molecular flexibility index (Phi) is 9.09. The first-order chi connectivity index (χ1) is 16.3. The molecule has 2 heterocycles. The van der Waals surface area contributed by atoms with Crippen LogP contribution in [0.4, 0.5) is 25.2 Å². The van der Waals surface area contributed by atoms with E-state index in [1.54, 1.807) is 12.4 Å². The molecule has 0 amide bonds. The van der Waals surface area contributed by atoms with Crippen LogP contribution in [0.2, 0.25) is 0 Å². The zero-order chi connectivity index (χ0) is 25.7. The molecule has 0 bridgehead atoms. The third-order valence-corrected chi connectivity index (χ3v) is 3.99. The number of halogens is 6. The molecule has 4 aromatic rings. The van der Waals surface area contributed by atoms with Gasteiger partial charge in [-0.05, 0) is 34.4 Å². The Morgan fingerprint density at radius 1 is 0.486 bits per heavy atom. The predicted molar refractivity (Wildman–Crippen MR) is 132 cm³/mol. The molecule has 0 unspecified atom stereocenters. The van der Waals surface area contributed by atoms with Crippen LogP contribution in [-0.2, 0) is 0 Å². The fourth-order valence-electron chi connectivity index (χ4n) is 2.50. The van der Waals surface area contributed by atoms with E-state index in [2.05, 4.69) is 58.5 Å². The van der Waals surface area contributed by atoms with Gasteiger partial charge in [-0.3, -0.25) is 4.98 Å². The number of hydrogen-bond acceptors (Lipinski definition) is 1. The standard InChI is InChI=1S/2C13H11N.F6P/c2*1-2-4-12(5-3-1)6-7-13-8-10-14-11-9-13;1-7(2,3,4,5)6/h2*1-11H;/q;;-1/p+1/b2*7-6+;. The molecule has 0 spiro atoms. The van der Waals surface area contributed by atoms with Crippen LogP contribution in [0, 0.1) is 0 Å². The predicted octanol–water partition coefficient (Wildman–Crippen LogP) is 9.31. The second kappa shape index (κ2) is 11.6. The number of aromatic amines is 1. The molecule has 0 aliphatic heterocycles. The number of hydrogen-bond donors (Lipinski definition) is 0. The Labute approximate surface area is 199 Å². The van der Waals surface area contributed by atoms with E-state index in [9.17, 15) is 25.2 Å². The van der Waals surface area contributed by atoms with E-state index in [0.29, 0.717) is 0 Å². The molecule has 2 nitrogen and oxygen atoms in total. The van der Waals surface area contributed by atoms with Gasteiger partial charge in [0.25, 0.3) is 0 Å². The Bertz CT molecular complexity index is 1020. The van der Waals surface area contributed by atoms with Crippen molar-refractivity contribution in [3.8, 4) is 0 Å². The summed E-state index contributed by atoms with van der Waals surface area (Å²) in [5, 5.41) is 0. The summed E-state index contributed by atoms with van der Waals surface area (Å²) in [5.41, 5.74) is 4.81. The molecular formula is C26H23F6N2P. The molecule has 0 aliphatic rings.